The molecule has 2 saturated heterocycles. The fraction of sp³-hybridized carbons (Fsp3) is 0.684. The number of piperidine rings is 2. The van der Waals surface area contributed by atoms with Crippen LogP contribution in [0.15, 0.2) is 60.7 Å². The average molecular weight is 605 g/mol. The van der Waals surface area contributed by atoms with Crippen molar-refractivity contribution in [1.29, 1.82) is 0 Å². The third-order valence-corrected chi connectivity index (χ3v) is 12.2. The molecule has 2 heterocycles. The minimum atomic E-state index is -1.18. The lowest BCUT2D eigenvalue weighted by molar-refractivity contribution is -0.131. The van der Waals surface area contributed by atoms with Crippen LogP contribution in [0.2, 0.25) is 0 Å². The van der Waals surface area contributed by atoms with Gasteiger partial charge in [-0.3, -0.25) is 0 Å². The highest BCUT2D eigenvalue weighted by molar-refractivity contribution is 5.27. The highest BCUT2D eigenvalue weighted by Gasteiger charge is 2.48. The van der Waals surface area contributed by atoms with Crippen LogP contribution >= 0.6 is 0 Å². The van der Waals surface area contributed by atoms with Gasteiger partial charge in [-0.1, -0.05) is 86.3 Å². The second kappa shape index (κ2) is 14.3. The Balaban J connectivity index is 0.994. The van der Waals surface area contributed by atoms with Crippen molar-refractivity contribution in [2.75, 3.05) is 39.3 Å². The second-order valence-corrected chi connectivity index (χ2v) is 14.7. The van der Waals surface area contributed by atoms with E-state index in [2.05, 4.69) is 9.80 Å². The molecule has 2 aromatic rings. The van der Waals surface area contributed by atoms with E-state index in [0.717, 1.165) is 114 Å². The summed E-state index contributed by atoms with van der Waals surface area (Å²) in [4.78, 5) is 4.76. The van der Waals surface area contributed by atoms with Gasteiger partial charge in [-0.25, -0.2) is 0 Å². The number of aliphatic hydroxyl groups is 4. The number of hydrogen-bond acceptors (Lipinski definition) is 6. The van der Waals surface area contributed by atoms with Crippen LogP contribution in [0.3, 0.4) is 0 Å². The van der Waals surface area contributed by atoms with E-state index in [1.54, 1.807) is 0 Å². The highest BCUT2D eigenvalue weighted by Crippen LogP contribution is 2.45. The first kappa shape index (κ1) is 32.2. The summed E-state index contributed by atoms with van der Waals surface area (Å²) in [7, 11) is 0. The Labute approximate surface area is 265 Å². The molecule has 4 fully saturated rings. The van der Waals surface area contributed by atoms with Crippen molar-refractivity contribution in [2.24, 2.45) is 23.7 Å². The zero-order valence-electron chi connectivity index (χ0n) is 26.6. The Morgan fingerprint density at radius 2 is 0.841 bits per heavy atom. The lowest BCUT2D eigenvalue weighted by atomic mass is 9.75. The molecule has 0 radical (unpaired) electrons. The number of rotatable bonds is 11. The van der Waals surface area contributed by atoms with Crippen molar-refractivity contribution in [3.63, 3.8) is 0 Å². The van der Waals surface area contributed by atoms with Gasteiger partial charge >= 0.3 is 0 Å². The average Bonchev–Trinajstić information content (AvgIpc) is 3.82. The minimum absolute atomic E-state index is 0.114. The smallest absolute Gasteiger partial charge is 0.119 e. The number of nitrogens with zero attached hydrogens (tertiary/aromatic N) is 2. The second-order valence-electron chi connectivity index (χ2n) is 14.7. The van der Waals surface area contributed by atoms with E-state index in [0.29, 0.717) is 24.9 Å². The van der Waals surface area contributed by atoms with Gasteiger partial charge in [-0.05, 0) is 112 Å². The topological polar surface area (TPSA) is 87.4 Å². The molecule has 6 nitrogen and oxygen atoms in total. The number of hydrogen-bond donors (Lipinski definition) is 4. The molecule has 6 heteroatoms. The predicted octanol–water partition coefficient (Wildman–Crippen LogP) is 5.29. The molecule has 0 amide bonds. The van der Waals surface area contributed by atoms with E-state index in [9.17, 15) is 20.4 Å². The van der Waals surface area contributed by atoms with Crippen LogP contribution in [0.25, 0.3) is 0 Å². The molecule has 4 unspecified atom stereocenters. The molecular formula is C38H56N2O4. The zero-order chi connectivity index (χ0) is 30.6. The van der Waals surface area contributed by atoms with Gasteiger partial charge in [-0.15, -0.1) is 0 Å². The number of aliphatic hydroxyl groups excluding tert-OH is 2. The normalized spacial score (nSPS) is 26.4. The van der Waals surface area contributed by atoms with Crippen LogP contribution in [0.1, 0.15) is 88.2 Å². The third kappa shape index (κ3) is 6.67. The Kier molecular flexibility index (Phi) is 10.5. The van der Waals surface area contributed by atoms with E-state index in [1.165, 1.54) is 0 Å². The maximum atomic E-state index is 12.0. The van der Waals surface area contributed by atoms with Crippen LogP contribution in [-0.4, -0.2) is 81.7 Å². The molecule has 2 aromatic carbocycles. The lowest BCUT2D eigenvalue weighted by Gasteiger charge is -2.44. The largest absolute Gasteiger partial charge is 0.388 e. The first-order valence-electron chi connectivity index (χ1n) is 17.8. The van der Waals surface area contributed by atoms with Crippen LogP contribution in [0, 0.1) is 23.7 Å². The molecular weight excluding hydrogens is 548 g/mol. The van der Waals surface area contributed by atoms with Gasteiger partial charge in [0.25, 0.3) is 0 Å². The van der Waals surface area contributed by atoms with Crippen LogP contribution in [0.4, 0.5) is 0 Å². The maximum absolute atomic E-state index is 12.0. The van der Waals surface area contributed by atoms with E-state index in [4.69, 9.17) is 0 Å². The van der Waals surface area contributed by atoms with Crippen LogP contribution < -0.4 is 0 Å². The molecule has 4 N–H and O–H groups in total. The minimum Gasteiger partial charge on any atom is -0.388 e. The first-order valence-corrected chi connectivity index (χ1v) is 17.8. The fourth-order valence-electron chi connectivity index (χ4n) is 9.52. The summed E-state index contributed by atoms with van der Waals surface area (Å²) in [6.07, 6.45) is 11.4. The van der Waals surface area contributed by atoms with Crippen molar-refractivity contribution in [1.82, 2.24) is 9.80 Å². The summed E-state index contributed by atoms with van der Waals surface area (Å²) in [5.41, 5.74) is -0.652. The van der Waals surface area contributed by atoms with Crippen LogP contribution in [-0.2, 0) is 11.2 Å². The summed E-state index contributed by atoms with van der Waals surface area (Å²) in [5.74, 6) is 1.61. The molecule has 2 aliphatic heterocycles. The van der Waals surface area contributed by atoms with Crippen molar-refractivity contribution in [2.45, 2.75) is 100 Å². The first-order chi connectivity index (χ1) is 21.4. The van der Waals surface area contributed by atoms with Crippen molar-refractivity contribution < 1.29 is 20.4 Å². The standard InChI is InChI=1S/C38H56N2O4/c41-35(37(43,33-15-7-8-16-33)31-11-3-1-4-12-31)27-39-23-19-29(20-24-39)30-21-25-40(26-22-30)28-36(42)38(44,34-17-9-10-18-34)32-13-5-2-6-14-32/h1-6,11-14,29-30,33-36,41-44H,7-10,15-28H2. The number of likely N-dealkylation sites (tertiary alicyclic amines) is 2. The zero-order valence-corrected chi connectivity index (χ0v) is 26.6. The number of benzene rings is 2. The molecule has 0 spiro atoms. The van der Waals surface area contributed by atoms with Crippen LogP contribution in [0.5, 0.6) is 0 Å². The van der Waals surface area contributed by atoms with Crippen molar-refractivity contribution >= 4 is 0 Å². The Morgan fingerprint density at radius 3 is 1.16 bits per heavy atom. The summed E-state index contributed by atoms with van der Waals surface area (Å²) in [5, 5.41) is 47.0. The molecule has 4 aliphatic rings. The predicted molar refractivity (Wildman–Crippen MR) is 175 cm³/mol. The molecule has 4 atom stereocenters. The van der Waals surface area contributed by atoms with E-state index in [-0.39, 0.29) is 11.8 Å². The van der Waals surface area contributed by atoms with E-state index >= 15 is 0 Å². The van der Waals surface area contributed by atoms with Gasteiger partial charge in [0.1, 0.15) is 11.2 Å². The van der Waals surface area contributed by atoms with E-state index < -0.39 is 23.4 Å². The van der Waals surface area contributed by atoms with Gasteiger partial charge in [0.15, 0.2) is 0 Å². The van der Waals surface area contributed by atoms with Gasteiger partial charge in [0.05, 0.1) is 12.2 Å². The van der Waals surface area contributed by atoms with Gasteiger partial charge < -0.3 is 30.2 Å². The molecule has 0 aromatic heterocycles. The van der Waals surface area contributed by atoms with Gasteiger partial charge in [0.2, 0.25) is 0 Å². The Hall–Kier alpha value is -1.80. The summed E-state index contributed by atoms with van der Waals surface area (Å²) in [6, 6.07) is 19.8. The third-order valence-electron chi connectivity index (χ3n) is 12.2. The van der Waals surface area contributed by atoms with Crippen molar-refractivity contribution in [3.05, 3.63) is 71.8 Å². The lowest BCUT2D eigenvalue weighted by Crippen LogP contribution is -2.53. The monoisotopic (exact) mass is 604 g/mol. The summed E-state index contributed by atoms with van der Waals surface area (Å²) in [6.45, 7) is 4.94. The molecule has 6 rings (SSSR count). The number of β-amino-alcohol motifs (C(OH)–C–C–N with tert-alkyl or cyclic N) is 2. The Morgan fingerprint density at radius 1 is 0.523 bits per heavy atom. The summed E-state index contributed by atoms with van der Waals surface area (Å²) >= 11 is 0. The SMILES string of the molecule is OC(CN1CCC(C2CCN(CC(O)C(O)(c3ccccc3)C3CCCC3)CC2)CC1)C(O)(c1ccccc1)C1CCCC1. The Bertz CT molecular complexity index is 1050. The molecule has 2 saturated carbocycles. The molecule has 0 bridgehead atoms. The fourth-order valence-corrected chi connectivity index (χ4v) is 9.52. The molecule has 242 valence electrons. The van der Waals surface area contributed by atoms with Crippen molar-refractivity contribution in [3.8, 4) is 0 Å². The maximum Gasteiger partial charge on any atom is 0.119 e. The highest BCUT2D eigenvalue weighted by atomic mass is 16.3. The quantitative estimate of drug-likeness (QED) is 0.279. The molecule has 44 heavy (non-hydrogen) atoms. The van der Waals surface area contributed by atoms with E-state index in [1.807, 2.05) is 60.7 Å². The van der Waals surface area contributed by atoms with Gasteiger partial charge in [0, 0.05) is 13.1 Å². The summed E-state index contributed by atoms with van der Waals surface area (Å²) < 4.78 is 0. The van der Waals surface area contributed by atoms with Gasteiger partial charge in [-0.2, -0.15) is 0 Å². The molecule has 2 aliphatic carbocycles.